The van der Waals surface area contributed by atoms with Crippen LogP contribution >= 0.6 is 0 Å². The summed E-state index contributed by atoms with van der Waals surface area (Å²) in [7, 11) is 1.42. The third kappa shape index (κ3) is 6.64. The van der Waals surface area contributed by atoms with E-state index in [1.165, 1.54) is 7.11 Å². The van der Waals surface area contributed by atoms with Crippen molar-refractivity contribution in [2.75, 3.05) is 13.7 Å². The van der Waals surface area contributed by atoms with Gasteiger partial charge in [0, 0.05) is 12.6 Å². The third-order valence-corrected chi connectivity index (χ3v) is 2.52. The topological polar surface area (TPSA) is 47.6 Å². The lowest BCUT2D eigenvalue weighted by Gasteiger charge is -2.30. The van der Waals surface area contributed by atoms with E-state index in [1.54, 1.807) is 0 Å². The molecule has 4 nitrogen and oxygen atoms in total. The molecule has 0 heterocycles. The molecule has 0 aromatic heterocycles. The van der Waals surface area contributed by atoms with Crippen LogP contribution in [0.1, 0.15) is 47.5 Å². The molecule has 0 bridgehead atoms. The van der Waals surface area contributed by atoms with Crippen LogP contribution in [0.2, 0.25) is 0 Å². The van der Waals surface area contributed by atoms with E-state index in [9.17, 15) is 4.79 Å². The Morgan fingerprint density at radius 3 is 2.29 bits per heavy atom. The molecule has 1 unspecified atom stereocenters. The molecule has 0 radical (unpaired) electrons. The van der Waals surface area contributed by atoms with E-state index in [1.807, 2.05) is 34.6 Å². The van der Waals surface area contributed by atoms with Crippen LogP contribution in [0.3, 0.4) is 0 Å². The summed E-state index contributed by atoms with van der Waals surface area (Å²) in [6.07, 6.45) is 1.78. The van der Waals surface area contributed by atoms with Gasteiger partial charge in [-0.3, -0.25) is 10.1 Å². The molecule has 1 N–H and O–H groups in total. The van der Waals surface area contributed by atoms with E-state index in [0.717, 1.165) is 6.42 Å². The summed E-state index contributed by atoms with van der Waals surface area (Å²) in [6, 6.07) is 0.241. The minimum Gasteiger partial charge on any atom is -0.468 e. The molecule has 0 saturated carbocycles. The number of hydrogen-bond acceptors (Lipinski definition) is 4. The standard InChI is InChI=1S/C13H27NO3/c1-10(2)14-13(5,12(15)16-6)8-7-9-17-11(3)4/h10-11,14H,7-9H2,1-6H3. The van der Waals surface area contributed by atoms with E-state index in [4.69, 9.17) is 9.47 Å². The second-order valence-corrected chi connectivity index (χ2v) is 5.15. The predicted molar refractivity (Wildman–Crippen MR) is 69.0 cm³/mol. The number of ether oxygens (including phenoxy) is 2. The van der Waals surface area contributed by atoms with Gasteiger partial charge >= 0.3 is 5.97 Å². The van der Waals surface area contributed by atoms with Gasteiger partial charge in [0.1, 0.15) is 5.54 Å². The van der Waals surface area contributed by atoms with E-state index in [2.05, 4.69) is 5.32 Å². The molecule has 0 aliphatic rings. The lowest BCUT2D eigenvalue weighted by Crippen LogP contribution is -2.53. The molecule has 4 heteroatoms. The van der Waals surface area contributed by atoms with Crippen molar-refractivity contribution in [3.8, 4) is 0 Å². The average Bonchev–Trinajstić information content (AvgIpc) is 2.22. The molecule has 0 fully saturated rings. The maximum Gasteiger partial charge on any atom is 0.325 e. The number of hydrogen-bond donors (Lipinski definition) is 1. The highest BCUT2D eigenvalue weighted by molar-refractivity contribution is 5.80. The average molecular weight is 245 g/mol. The van der Waals surface area contributed by atoms with Crippen LogP contribution in [0.4, 0.5) is 0 Å². The maximum absolute atomic E-state index is 11.8. The molecule has 0 aromatic carbocycles. The van der Waals surface area contributed by atoms with Crippen molar-refractivity contribution in [3.63, 3.8) is 0 Å². The predicted octanol–water partition coefficient (Wildman–Crippen LogP) is 2.12. The first kappa shape index (κ1) is 16.4. The van der Waals surface area contributed by atoms with Crippen LogP contribution in [0.15, 0.2) is 0 Å². The molecule has 0 rings (SSSR count). The molecule has 0 aliphatic carbocycles. The Bertz CT molecular complexity index is 229. The summed E-state index contributed by atoms with van der Waals surface area (Å²) < 4.78 is 10.3. The fourth-order valence-electron chi connectivity index (χ4n) is 1.84. The zero-order valence-corrected chi connectivity index (χ0v) is 12.0. The van der Waals surface area contributed by atoms with Gasteiger partial charge in [-0.2, -0.15) is 0 Å². The Labute approximate surface area is 105 Å². The van der Waals surface area contributed by atoms with Gasteiger partial charge in [0.05, 0.1) is 13.2 Å². The zero-order valence-electron chi connectivity index (χ0n) is 12.0. The summed E-state index contributed by atoms with van der Waals surface area (Å²) in [4.78, 5) is 11.8. The van der Waals surface area contributed by atoms with Crippen LogP contribution in [-0.4, -0.2) is 37.4 Å². The lowest BCUT2D eigenvalue weighted by atomic mass is 9.95. The number of carbonyl (C=O) groups is 1. The van der Waals surface area contributed by atoms with Crippen molar-refractivity contribution in [2.45, 2.75) is 65.1 Å². The van der Waals surface area contributed by atoms with Crippen molar-refractivity contribution in [3.05, 3.63) is 0 Å². The van der Waals surface area contributed by atoms with Crippen molar-refractivity contribution < 1.29 is 14.3 Å². The Balaban J connectivity index is 4.24. The van der Waals surface area contributed by atoms with E-state index >= 15 is 0 Å². The summed E-state index contributed by atoms with van der Waals surface area (Å²) in [5, 5.41) is 3.26. The summed E-state index contributed by atoms with van der Waals surface area (Å²) in [6.45, 7) is 10.6. The van der Waals surface area contributed by atoms with Gasteiger partial charge in [0.15, 0.2) is 0 Å². The molecular formula is C13H27NO3. The van der Waals surface area contributed by atoms with Gasteiger partial charge in [-0.05, 0) is 47.5 Å². The van der Waals surface area contributed by atoms with E-state index in [-0.39, 0.29) is 18.1 Å². The zero-order chi connectivity index (χ0) is 13.5. The fourth-order valence-corrected chi connectivity index (χ4v) is 1.84. The normalized spacial score (nSPS) is 15.1. The number of nitrogens with one attached hydrogen (secondary N) is 1. The highest BCUT2D eigenvalue weighted by Crippen LogP contribution is 2.16. The highest BCUT2D eigenvalue weighted by atomic mass is 16.5. The first-order valence-electron chi connectivity index (χ1n) is 6.29. The van der Waals surface area contributed by atoms with Crippen LogP contribution in [0.25, 0.3) is 0 Å². The third-order valence-electron chi connectivity index (χ3n) is 2.52. The van der Waals surface area contributed by atoms with Crippen molar-refractivity contribution in [2.24, 2.45) is 0 Å². The van der Waals surface area contributed by atoms with Crippen molar-refractivity contribution in [1.29, 1.82) is 0 Å². The molecule has 17 heavy (non-hydrogen) atoms. The number of carbonyl (C=O) groups excluding carboxylic acids is 1. The van der Waals surface area contributed by atoms with Gasteiger partial charge in [-0.15, -0.1) is 0 Å². The maximum atomic E-state index is 11.8. The van der Waals surface area contributed by atoms with Crippen LogP contribution in [0.5, 0.6) is 0 Å². The molecule has 0 amide bonds. The van der Waals surface area contributed by atoms with Gasteiger partial charge < -0.3 is 9.47 Å². The Morgan fingerprint density at radius 1 is 1.29 bits per heavy atom. The van der Waals surface area contributed by atoms with Gasteiger partial charge in [-0.25, -0.2) is 0 Å². The van der Waals surface area contributed by atoms with Crippen molar-refractivity contribution in [1.82, 2.24) is 5.32 Å². The quantitative estimate of drug-likeness (QED) is 0.525. The van der Waals surface area contributed by atoms with Gasteiger partial charge in [-0.1, -0.05) is 0 Å². The summed E-state index contributed by atoms with van der Waals surface area (Å²) in [5.74, 6) is -0.212. The first-order valence-corrected chi connectivity index (χ1v) is 6.29. The van der Waals surface area contributed by atoms with E-state index in [0.29, 0.717) is 13.0 Å². The first-order chi connectivity index (χ1) is 7.81. The minimum atomic E-state index is -0.622. The Kier molecular flexibility index (Phi) is 7.39. The summed E-state index contributed by atoms with van der Waals surface area (Å²) >= 11 is 0. The lowest BCUT2D eigenvalue weighted by molar-refractivity contribution is -0.148. The molecule has 102 valence electrons. The Morgan fingerprint density at radius 2 is 1.88 bits per heavy atom. The van der Waals surface area contributed by atoms with Crippen LogP contribution < -0.4 is 5.32 Å². The van der Waals surface area contributed by atoms with Crippen molar-refractivity contribution >= 4 is 5.97 Å². The van der Waals surface area contributed by atoms with Crippen LogP contribution in [0, 0.1) is 0 Å². The molecule has 0 aromatic rings. The largest absolute Gasteiger partial charge is 0.468 e. The second-order valence-electron chi connectivity index (χ2n) is 5.15. The Hall–Kier alpha value is -0.610. The molecular weight excluding hydrogens is 218 g/mol. The minimum absolute atomic E-state index is 0.212. The number of rotatable bonds is 8. The van der Waals surface area contributed by atoms with Gasteiger partial charge in [0.25, 0.3) is 0 Å². The molecule has 0 saturated heterocycles. The molecule has 0 aliphatic heterocycles. The van der Waals surface area contributed by atoms with E-state index < -0.39 is 5.54 Å². The second kappa shape index (κ2) is 7.67. The SMILES string of the molecule is COC(=O)C(C)(CCCOC(C)C)NC(C)C. The number of esters is 1. The van der Waals surface area contributed by atoms with Crippen LogP contribution in [-0.2, 0) is 14.3 Å². The monoisotopic (exact) mass is 245 g/mol. The highest BCUT2D eigenvalue weighted by Gasteiger charge is 2.34. The molecule has 1 atom stereocenters. The fraction of sp³-hybridized carbons (Fsp3) is 0.923. The number of methoxy groups -OCH3 is 1. The summed E-state index contributed by atoms with van der Waals surface area (Å²) in [5.41, 5.74) is -0.622. The molecule has 0 spiro atoms. The van der Waals surface area contributed by atoms with Gasteiger partial charge in [0.2, 0.25) is 0 Å². The smallest absolute Gasteiger partial charge is 0.325 e.